The standard InChI is InChI=1S/C27H35N7O3.CHN/c1-4-24-32-21-11-19(10-20(12-21)26(36)33-24)22-15-30-25(31-16(2)3)27(37)34(22)8-7-29-14-17-5-6-18(13-28)23(35)9-17;1-2/h5-6,9-12,15-16,24,29,32,35H,4,7-8,13-14,28H2,1-3H3,(H,30,31)(H,33,36);1H. The van der Waals surface area contributed by atoms with Gasteiger partial charge in [-0.2, -0.15) is 0 Å². The zero-order chi connectivity index (χ0) is 28.5. The van der Waals surface area contributed by atoms with Crippen LogP contribution in [-0.2, 0) is 19.6 Å². The number of nitrogens with one attached hydrogen (secondary N) is 4. The van der Waals surface area contributed by atoms with Crippen molar-refractivity contribution >= 4 is 17.4 Å². The lowest BCUT2D eigenvalue weighted by molar-refractivity contribution is 0.0942. The van der Waals surface area contributed by atoms with Crippen LogP contribution < -0.4 is 32.6 Å². The predicted molar refractivity (Wildman–Crippen MR) is 152 cm³/mol. The molecule has 4 rings (SSSR count). The molecule has 3 aromatic rings. The number of amides is 1. The third-order valence-electron chi connectivity index (χ3n) is 6.24. The summed E-state index contributed by atoms with van der Waals surface area (Å²) < 4.78 is 1.68. The van der Waals surface area contributed by atoms with Crippen molar-refractivity contribution in [3.05, 3.63) is 69.6 Å². The van der Waals surface area contributed by atoms with Crippen molar-refractivity contribution < 1.29 is 9.90 Å². The van der Waals surface area contributed by atoms with Crippen LogP contribution in [0.1, 0.15) is 48.7 Å². The number of carbonyl (C=O) groups is 1. The maximum atomic E-state index is 13.4. The molecule has 1 amide bonds. The molecule has 2 aromatic carbocycles. The number of phenolic OH excluding ortho intramolecular Hbond substituents is 1. The zero-order valence-electron chi connectivity index (χ0n) is 22.5. The molecule has 7 N–H and O–H groups in total. The Morgan fingerprint density at radius 2 is 1.90 bits per heavy atom. The number of rotatable bonds is 10. The van der Waals surface area contributed by atoms with Crippen LogP contribution in [0.25, 0.3) is 11.3 Å². The molecule has 0 spiro atoms. The smallest absolute Gasteiger partial charge is 0.293 e. The van der Waals surface area contributed by atoms with E-state index in [-0.39, 0.29) is 41.8 Å². The summed E-state index contributed by atoms with van der Waals surface area (Å²) in [6.07, 6.45) is 2.24. The largest absolute Gasteiger partial charge is 0.508 e. The lowest BCUT2D eigenvalue weighted by atomic mass is 10.1. The van der Waals surface area contributed by atoms with Crippen LogP contribution in [0.15, 0.2) is 47.4 Å². The van der Waals surface area contributed by atoms with Crippen LogP contribution in [0.3, 0.4) is 0 Å². The number of benzene rings is 2. The van der Waals surface area contributed by atoms with Gasteiger partial charge >= 0.3 is 0 Å². The maximum Gasteiger partial charge on any atom is 0.293 e. The van der Waals surface area contributed by atoms with Crippen molar-refractivity contribution in [2.75, 3.05) is 17.2 Å². The maximum absolute atomic E-state index is 13.4. The Morgan fingerprint density at radius 1 is 1.15 bits per heavy atom. The number of phenols is 1. The molecule has 0 saturated heterocycles. The van der Waals surface area contributed by atoms with E-state index >= 15 is 0 Å². The van der Waals surface area contributed by atoms with Crippen LogP contribution in [0, 0.1) is 11.8 Å². The molecule has 11 heteroatoms. The van der Waals surface area contributed by atoms with Crippen LogP contribution in [0.5, 0.6) is 5.75 Å². The first kappa shape index (κ1) is 29.2. The van der Waals surface area contributed by atoms with Crippen molar-refractivity contribution in [1.82, 2.24) is 20.2 Å². The number of aromatic hydroxyl groups is 1. The van der Waals surface area contributed by atoms with Gasteiger partial charge in [0.2, 0.25) is 0 Å². The Labute approximate surface area is 228 Å². The van der Waals surface area contributed by atoms with Crippen molar-refractivity contribution in [2.24, 2.45) is 5.73 Å². The van der Waals surface area contributed by atoms with Gasteiger partial charge in [-0.3, -0.25) is 9.59 Å². The van der Waals surface area contributed by atoms with E-state index in [2.05, 4.69) is 32.8 Å². The van der Waals surface area contributed by atoms with E-state index in [1.54, 1.807) is 22.9 Å². The average Bonchev–Trinajstić information content (AvgIpc) is 3.03. The highest BCUT2D eigenvalue weighted by Gasteiger charge is 2.20. The van der Waals surface area contributed by atoms with Gasteiger partial charge in [-0.15, -0.1) is 0 Å². The second-order valence-electron chi connectivity index (χ2n) is 9.47. The molecular formula is C28H36N8O3. The van der Waals surface area contributed by atoms with E-state index < -0.39 is 0 Å². The summed E-state index contributed by atoms with van der Waals surface area (Å²) in [5.74, 6) is 0.295. The average molecular weight is 533 g/mol. The lowest BCUT2D eigenvalue weighted by Gasteiger charge is -2.18. The molecule has 1 aliphatic rings. The fourth-order valence-electron chi connectivity index (χ4n) is 4.30. The van der Waals surface area contributed by atoms with Gasteiger partial charge in [0.05, 0.1) is 18.1 Å². The van der Waals surface area contributed by atoms with Crippen molar-refractivity contribution in [3.8, 4) is 23.6 Å². The molecule has 11 nitrogen and oxygen atoms in total. The Bertz CT molecular complexity index is 1380. The quantitative estimate of drug-likeness (QED) is 0.215. The molecule has 0 aliphatic carbocycles. The predicted octanol–water partition coefficient (Wildman–Crippen LogP) is 2.72. The first-order valence-corrected chi connectivity index (χ1v) is 12.9. The number of nitrogens with two attached hydrogens (primary N) is 1. The van der Waals surface area contributed by atoms with Gasteiger partial charge in [-0.05, 0) is 50.1 Å². The normalized spacial score (nSPS) is 14.0. The van der Waals surface area contributed by atoms with Gasteiger partial charge in [0, 0.05) is 61.2 Å². The summed E-state index contributed by atoms with van der Waals surface area (Å²) in [6, 6.07) is 11.0. The molecule has 1 aromatic heterocycles. The number of carbonyl (C=O) groups excluding carboxylic acids is 1. The highest BCUT2D eigenvalue weighted by molar-refractivity contribution is 5.97. The van der Waals surface area contributed by atoms with E-state index in [0.29, 0.717) is 36.5 Å². The summed E-state index contributed by atoms with van der Waals surface area (Å²) in [5.41, 5.74) is 9.69. The summed E-state index contributed by atoms with van der Waals surface area (Å²) in [6.45, 7) is 11.1. The van der Waals surface area contributed by atoms with E-state index in [0.717, 1.165) is 23.2 Å². The van der Waals surface area contributed by atoms with E-state index in [1.165, 1.54) is 0 Å². The van der Waals surface area contributed by atoms with E-state index in [1.807, 2.05) is 45.0 Å². The lowest BCUT2D eigenvalue weighted by Crippen LogP contribution is -2.38. The number of nitriles is 1. The van der Waals surface area contributed by atoms with Crippen LogP contribution >= 0.6 is 0 Å². The van der Waals surface area contributed by atoms with Crippen LogP contribution in [0.2, 0.25) is 0 Å². The summed E-state index contributed by atoms with van der Waals surface area (Å²) in [4.78, 5) is 30.5. The Morgan fingerprint density at radius 3 is 2.56 bits per heavy atom. The summed E-state index contributed by atoms with van der Waals surface area (Å²) in [7, 11) is 0. The molecule has 1 unspecified atom stereocenters. The number of aromatic nitrogens is 2. The number of fused-ring (bicyclic) bond motifs is 2. The summed E-state index contributed by atoms with van der Waals surface area (Å²) in [5, 5.41) is 29.3. The van der Waals surface area contributed by atoms with E-state index in [4.69, 9.17) is 11.0 Å². The molecule has 206 valence electrons. The van der Waals surface area contributed by atoms with Gasteiger partial charge in [-0.1, -0.05) is 19.1 Å². The van der Waals surface area contributed by atoms with Gasteiger partial charge in [0.1, 0.15) is 5.75 Å². The van der Waals surface area contributed by atoms with Gasteiger partial charge in [-0.25, -0.2) is 10.2 Å². The van der Waals surface area contributed by atoms with Crippen LogP contribution in [0.4, 0.5) is 11.5 Å². The van der Waals surface area contributed by atoms with Crippen molar-refractivity contribution in [1.29, 1.82) is 5.26 Å². The van der Waals surface area contributed by atoms with Gasteiger partial charge in [0.15, 0.2) is 5.82 Å². The molecule has 0 radical (unpaired) electrons. The molecule has 2 heterocycles. The summed E-state index contributed by atoms with van der Waals surface area (Å²) >= 11 is 0. The third kappa shape index (κ3) is 7.13. The Kier molecular flexibility index (Phi) is 10.0. The fourth-order valence-corrected chi connectivity index (χ4v) is 4.30. The van der Waals surface area contributed by atoms with E-state index in [9.17, 15) is 14.7 Å². The second-order valence-corrected chi connectivity index (χ2v) is 9.47. The van der Waals surface area contributed by atoms with Crippen LogP contribution in [-0.4, -0.2) is 39.3 Å². The Hall–Kier alpha value is -4.40. The van der Waals surface area contributed by atoms with Gasteiger partial charge < -0.3 is 36.7 Å². The third-order valence-corrected chi connectivity index (χ3v) is 6.24. The minimum absolute atomic E-state index is 0.0460. The minimum atomic E-state index is -0.233. The topological polar surface area (TPSA) is 170 Å². The molecule has 0 fully saturated rings. The Balaban J connectivity index is 0.00000205. The van der Waals surface area contributed by atoms with Crippen molar-refractivity contribution in [3.63, 3.8) is 0 Å². The number of hydrogen-bond acceptors (Lipinski definition) is 9. The SMILES string of the molecule is C#N.CCC1NC(=O)c2cc(cc(-c3cnc(NC(C)C)c(=O)n3CCNCc3ccc(CN)c(O)c3)c2)N1. The van der Waals surface area contributed by atoms with Crippen molar-refractivity contribution in [2.45, 2.75) is 59.0 Å². The molecular weight excluding hydrogens is 496 g/mol. The first-order valence-electron chi connectivity index (χ1n) is 12.9. The zero-order valence-corrected chi connectivity index (χ0v) is 22.5. The fraction of sp³-hybridized carbons (Fsp3) is 0.357. The number of hydrogen-bond donors (Lipinski definition) is 6. The molecule has 1 atom stereocenters. The monoisotopic (exact) mass is 532 g/mol. The molecule has 2 bridgehead atoms. The first-order chi connectivity index (χ1) is 18.8. The van der Waals surface area contributed by atoms with Gasteiger partial charge in [0.25, 0.3) is 11.5 Å². The number of anilines is 2. The second kappa shape index (κ2) is 13.4. The number of nitrogens with zero attached hydrogens (tertiary/aromatic N) is 3. The highest BCUT2D eigenvalue weighted by atomic mass is 16.3. The highest BCUT2D eigenvalue weighted by Crippen LogP contribution is 2.27. The minimum Gasteiger partial charge on any atom is -0.508 e. The molecule has 39 heavy (non-hydrogen) atoms. The molecule has 1 aliphatic heterocycles. The molecule has 0 saturated carbocycles.